The lowest BCUT2D eigenvalue weighted by molar-refractivity contribution is 0.0635. The summed E-state index contributed by atoms with van der Waals surface area (Å²) in [6.07, 6.45) is 2.16. The van der Waals surface area contributed by atoms with E-state index in [0.717, 1.165) is 5.69 Å². The number of ether oxygens (including phenoxy) is 1. The molecular weight excluding hydrogens is 166 g/mol. The molecule has 1 aromatic rings. The fraction of sp³-hybridized carbons (Fsp3) is 0.778. The van der Waals surface area contributed by atoms with Gasteiger partial charge in [-0.3, -0.25) is 0 Å². The second-order valence-electron chi connectivity index (χ2n) is 3.64. The average Bonchev–Trinajstić information content (AvgIpc) is 2.48. The summed E-state index contributed by atoms with van der Waals surface area (Å²) < 4.78 is 7.24. The van der Waals surface area contributed by atoms with Crippen LogP contribution in [0.2, 0.25) is 0 Å². The molecule has 4 heteroatoms. The second-order valence-corrected chi connectivity index (χ2v) is 3.64. The molecule has 1 heterocycles. The molecule has 0 aromatic carbocycles. The summed E-state index contributed by atoms with van der Waals surface area (Å²) in [5, 5.41) is 7.98. The summed E-state index contributed by atoms with van der Waals surface area (Å²) >= 11 is 0. The summed E-state index contributed by atoms with van der Waals surface area (Å²) in [6.45, 7) is 8.70. The van der Waals surface area contributed by atoms with Crippen molar-refractivity contribution in [3.05, 3.63) is 11.9 Å². The molecule has 0 bridgehead atoms. The number of hydrogen-bond donors (Lipinski definition) is 0. The van der Waals surface area contributed by atoms with Gasteiger partial charge >= 0.3 is 0 Å². The van der Waals surface area contributed by atoms with Gasteiger partial charge in [-0.15, -0.1) is 5.10 Å². The van der Waals surface area contributed by atoms with E-state index in [1.807, 2.05) is 24.7 Å². The molecule has 0 saturated heterocycles. The Hall–Kier alpha value is -0.900. The Morgan fingerprint density at radius 2 is 2.08 bits per heavy atom. The monoisotopic (exact) mass is 183 g/mol. The van der Waals surface area contributed by atoms with Crippen LogP contribution in [0.4, 0.5) is 0 Å². The Morgan fingerprint density at radius 1 is 1.38 bits per heavy atom. The Kier molecular flexibility index (Phi) is 3.42. The van der Waals surface area contributed by atoms with Gasteiger partial charge in [0.25, 0.3) is 0 Å². The van der Waals surface area contributed by atoms with E-state index in [4.69, 9.17) is 4.74 Å². The van der Waals surface area contributed by atoms with Gasteiger partial charge in [-0.1, -0.05) is 5.21 Å². The second kappa shape index (κ2) is 4.37. The van der Waals surface area contributed by atoms with Crippen LogP contribution < -0.4 is 0 Å². The predicted molar refractivity (Wildman–Crippen MR) is 50.3 cm³/mol. The zero-order chi connectivity index (χ0) is 9.84. The van der Waals surface area contributed by atoms with Gasteiger partial charge in [0.2, 0.25) is 0 Å². The third kappa shape index (κ3) is 3.14. The molecule has 1 aromatic heterocycles. The summed E-state index contributed by atoms with van der Waals surface area (Å²) in [5.74, 6) is 0. The van der Waals surface area contributed by atoms with Crippen LogP contribution in [0, 0.1) is 0 Å². The van der Waals surface area contributed by atoms with Crippen LogP contribution in [0.15, 0.2) is 6.20 Å². The molecule has 0 fully saturated rings. The van der Waals surface area contributed by atoms with Crippen molar-refractivity contribution in [2.45, 2.75) is 46.4 Å². The minimum absolute atomic E-state index is 0.240. The molecular formula is C9H17N3O. The smallest absolute Gasteiger partial charge is 0.108 e. The molecule has 0 radical (unpaired) electrons. The van der Waals surface area contributed by atoms with Crippen molar-refractivity contribution in [3.63, 3.8) is 0 Å². The third-order valence-electron chi connectivity index (χ3n) is 1.65. The standard InChI is InChI=1S/C9H17N3O/c1-7(2)12-5-9(10-11-12)6-13-8(3)4/h5,7-8H,6H2,1-4H3. The topological polar surface area (TPSA) is 39.9 Å². The van der Waals surface area contributed by atoms with E-state index in [0.29, 0.717) is 12.6 Å². The van der Waals surface area contributed by atoms with Crippen LogP contribution in [0.1, 0.15) is 39.4 Å². The van der Waals surface area contributed by atoms with Gasteiger partial charge in [0.15, 0.2) is 0 Å². The molecule has 0 unspecified atom stereocenters. The van der Waals surface area contributed by atoms with E-state index in [1.165, 1.54) is 0 Å². The van der Waals surface area contributed by atoms with Crippen LogP contribution >= 0.6 is 0 Å². The van der Waals surface area contributed by atoms with Crippen molar-refractivity contribution < 1.29 is 4.74 Å². The third-order valence-corrected chi connectivity index (χ3v) is 1.65. The fourth-order valence-corrected chi connectivity index (χ4v) is 0.884. The first-order valence-electron chi connectivity index (χ1n) is 4.62. The van der Waals surface area contributed by atoms with Crippen molar-refractivity contribution in [3.8, 4) is 0 Å². The summed E-state index contributed by atoms with van der Waals surface area (Å²) in [6, 6.07) is 0.361. The number of aromatic nitrogens is 3. The molecule has 4 nitrogen and oxygen atoms in total. The number of rotatable bonds is 4. The van der Waals surface area contributed by atoms with Gasteiger partial charge in [0, 0.05) is 6.04 Å². The van der Waals surface area contributed by atoms with E-state index < -0.39 is 0 Å². The number of nitrogens with zero attached hydrogens (tertiary/aromatic N) is 3. The zero-order valence-corrected chi connectivity index (χ0v) is 8.69. The van der Waals surface area contributed by atoms with Gasteiger partial charge in [0.05, 0.1) is 18.9 Å². The molecule has 0 N–H and O–H groups in total. The molecule has 0 atom stereocenters. The SMILES string of the molecule is CC(C)OCc1cn(C(C)C)nn1. The summed E-state index contributed by atoms with van der Waals surface area (Å²) in [7, 11) is 0. The highest BCUT2D eigenvalue weighted by Crippen LogP contribution is 2.04. The van der Waals surface area contributed by atoms with Crippen LogP contribution in [0.25, 0.3) is 0 Å². The minimum Gasteiger partial charge on any atom is -0.372 e. The van der Waals surface area contributed by atoms with Crippen LogP contribution in [0.5, 0.6) is 0 Å². The predicted octanol–water partition coefficient (Wildman–Crippen LogP) is 1.78. The Morgan fingerprint density at radius 3 is 2.54 bits per heavy atom. The van der Waals surface area contributed by atoms with Gasteiger partial charge in [-0.2, -0.15) is 0 Å². The first-order chi connectivity index (χ1) is 6.09. The molecule has 0 aliphatic heterocycles. The Bertz CT molecular complexity index is 255. The molecule has 13 heavy (non-hydrogen) atoms. The lowest BCUT2D eigenvalue weighted by Gasteiger charge is -2.04. The molecule has 0 aliphatic carbocycles. The van der Waals surface area contributed by atoms with Gasteiger partial charge < -0.3 is 4.74 Å². The van der Waals surface area contributed by atoms with Gasteiger partial charge in [0.1, 0.15) is 5.69 Å². The van der Waals surface area contributed by atoms with Crippen molar-refractivity contribution in [1.29, 1.82) is 0 Å². The van der Waals surface area contributed by atoms with Crippen LogP contribution in [-0.2, 0) is 11.3 Å². The first-order valence-corrected chi connectivity index (χ1v) is 4.62. The summed E-state index contributed by atoms with van der Waals surface area (Å²) in [4.78, 5) is 0. The van der Waals surface area contributed by atoms with Crippen molar-refractivity contribution in [2.75, 3.05) is 0 Å². The van der Waals surface area contributed by atoms with E-state index in [2.05, 4.69) is 24.2 Å². The minimum atomic E-state index is 0.240. The maximum atomic E-state index is 5.41. The molecule has 0 spiro atoms. The van der Waals surface area contributed by atoms with Crippen LogP contribution in [-0.4, -0.2) is 21.1 Å². The number of hydrogen-bond acceptors (Lipinski definition) is 3. The highest BCUT2D eigenvalue weighted by molar-refractivity contribution is 4.90. The molecule has 0 saturated carbocycles. The maximum absolute atomic E-state index is 5.41. The zero-order valence-electron chi connectivity index (χ0n) is 8.69. The quantitative estimate of drug-likeness (QED) is 0.714. The lowest BCUT2D eigenvalue weighted by Crippen LogP contribution is -2.02. The first kappa shape index (κ1) is 10.2. The van der Waals surface area contributed by atoms with Gasteiger partial charge in [-0.25, -0.2) is 4.68 Å². The Labute approximate surface area is 78.9 Å². The van der Waals surface area contributed by atoms with E-state index in [1.54, 1.807) is 0 Å². The largest absolute Gasteiger partial charge is 0.372 e. The molecule has 1 rings (SSSR count). The van der Waals surface area contributed by atoms with Crippen molar-refractivity contribution in [1.82, 2.24) is 15.0 Å². The van der Waals surface area contributed by atoms with E-state index in [9.17, 15) is 0 Å². The van der Waals surface area contributed by atoms with Crippen LogP contribution in [0.3, 0.4) is 0 Å². The fourth-order valence-electron chi connectivity index (χ4n) is 0.884. The van der Waals surface area contributed by atoms with E-state index in [-0.39, 0.29) is 6.10 Å². The maximum Gasteiger partial charge on any atom is 0.108 e. The molecule has 0 amide bonds. The molecule has 0 aliphatic rings. The normalized spacial score (nSPS) is 11.5. The van der Waals surface area contributed by atoms with E-state index >= 15 is 0 Å². The average molecular weight is 183 g/mol. The van der Waals surface area contributed by atoms with Gasteiger partial charge in [-0.05, 0) is 27.7 Å². The highest BCUT2D eigenvalue weighted by atomic mass is 16.5. The van der Waals surface area contributed by atoms with Crippen molar-refractivity contribution >= 4 is 0 Å². The lowest BCUT2D eigenvalue weighted by atomic mass is 10.4. The Balaban J connectivity index is 2.49. The molecule has 74 valence electrons. The summed E-state index contributed by atoms with van der Waals surface area (Å²) in [5.41, 5.74) is 0.891. The van der Waals surface area contributed by atoms with Crippen molar-refractivity contribution in [2.24, 2.45) is 0 Å². The highest BCUT2D eigenvalue weighted by Gasteiger charge is 2.03.